The van der Waals surface area contributed by atoms with Gasteiger partial charge in [-0.2, -0.15) is 0 Å². The van der Waals surface area contributed by atoms with Gasteiger partial charge < -0.3 is 4.90 Å². The van der Waals surface area contributed by atoms with E-state index in [0.29, 0.717) is 11.8 Å². The van der Waals surface area contributed by atoms with Gasteiger partial charge in [0.2, 0.25) is 0 Å². The van der Waals surface area contributed by atoms with E-state index in [-0.39, 0.29) is 0 Å². The van der Waals surface area contributed by atoms with Crippen molar-refractivity contribution in [3.63, 3.8) is 0 Å². The Hall–Kier alpha value is -2.23. The summed E-state index contributed by atoms with van der Waals surface area (Å²) in [5, 5.41) is 7.72. The van der Waals surface area contributed by atoms with Crippen molar-refractivity contribution >= 4 is 5.84 Å². The molecular weight excluding hydrogens is 272 g/mol. The van der Waals surface area contributed by atoms with Crippen LogP contribution in [0.5, 0.6) is 0 Å². The topological polar surface area (TPSA) is 52.9 Å². The second kappa shape index (κ2) is 6.26. The van der Waals surface area contributed by atoms with Gasteiger partial charge in [-0.3, -0.25) is 5.41 Å². The zero-order chi connectivity index (χ0) is 15.5. The van der Waals surface area contributed by atoms with Crippen molar-refractivity contribution in [2.45, 2.75) is 26.2 Å². The highest BCUT2D eigenvalue weighted by Crippen LogP contribution is 2.33. The van der Waals surface area contributed by atoms with E-state index in [1.807, 2.05) is 31.3 Å². The molecule has 4 nitrogen and oxygen atoms in total. The lowest BCUT2D eigenvalue weighted by atomic mass is 9.80. The van der Waals surface area contributed by atoms with E-state index in [1.54, 1.807) is 6.33 Å². The van der Waals surface area contributed by atoms with Gasteiger partial charge in [-0.15, -0.1) is 0 Å². The third-order valence-corrected chi connectivity index (χ3v) is 4.56. The number of nitrogens with zero attached hydrogens (tertiary/aromatic N) is 3. The number of rotatable bonds is 3. The van der Waals surface area contributed by atoms with Crippen molar-refractivity contribution < 1.29 is 0 Å². The Bertz CT molecular complexity index is 666. The molecule has 0 spiro atoms. The molecule has 1 aromatic carbocycles. The number of hydrogen-bond acceptors (Lipinski definition) is 3. The summed E-state index contributed by atoms with van der Waals surface area (Å²) in [5.41, 5.74) is 5.26. The zero-order valence-electron chi connectivity index (χ0n) is 13.2. The van der Waals surface area contributed by atoms with Crippen LogP contribution in [0.2, 0.25) is 0 Å². The van der Waals surface area contributed by atoms with Crippen molar-refractivity contribution in [2.75, 3.05) is 13.6 Å². The maximum Gasteiger partial charge on any atom is 0.115 e. The second-order valence-electron chi connectivity index (χ2n) is 6.15. The number of fused-ring (bicyclic) bond motifs is 1. The summed E-state index contributed by atoms with van der Waals surface area (Å²) in [5.74, 6) is 1.26. The first-order valence-electron chi connectivity index (χ1n) is 7.77. The Morgan fingerprint density at radius 1 is 1.32 bits per heavy atom. The quantitative estimate of drug-likeness (QED) is 0.699. The van der Waals surface area contributed by atoms with Gasteiger partial charge in [-0.1, -0.05) is 18.2 Å². The predicted octanol–water partition coefficient (Wildman–Crippen LogP) is 3.18. The molecule has 1 aromatic heterocycles. The summed E-state index contributed by atoms with van der Waals surface area (Å²) in [7, 11) is 2.01. The lowest BCUT2D eigenvalue weighted by molar-refractivity contribution is 0.348. The summed E-state index contributed by atoms with van der Waals surface area (Å²) in [4.78, 5) is 10.3. The zero-order valence-corrected chi connectivity index (χ0v) is 13.2. The van der Waals surface area contributed by atoms with Crippen LogP contribution < -0.4 is 0 Å². The molecule has 0 radical (unpaired) electrons. The van der Waals surface area contributed by atoms with E-state index in [9.17, 15) is 0 Å². The van der Waals surface area contributed by atoms with E-state index >= 15 is 0 Å². The summed E-state index contributed by atoms with van der Waals surface area (Å²) < 4.78 is 0. The van der Waals surface area contributed by atoms with Gasteiger partial charge in [0.25, 0.3) is 0 Å². The largest absolute Gasteiger partial charge is 0.364 e. The first-order valence-corrected chi connectivity index (χ1v) is 7.77. The third kappa shape index (κ3) is 3.01. The van der Waals surface area contributed by atoms with Gasteiger partial charge in [-0.05, 0) is 48.8 Å². The van der Waals surface area contributed by atoms with Crippen molar-refractivity contribution in [3.8, 4) is 11.1 Å². The smallest absolute Gasteiger partial charge is 0.115 e. The molecule has 1 N–H and O–H groups in total. The number of nitrogens with one attached hydrogen (secondary N) is 1. The van der Waals surface area contributed by atoms with Crippen LogP contribution in [0, 0.1) is 11.3 Å². The summed E-state index contributed by atoms with van der Waals surface area (Å²) in [6.07, 6.45) is 8.71. The molecule has 0 bridgehead atoms. The Labute approximate surface area is 131 Å². The molecule has 0 amide bonds. The molecule has 0 fully saturated rings. The minimum absolute atomic E-state index is 0.625. The van der Waals surface area contributed by atoms with Crippen LogP contribution in [-0.4, -0.2) is 34.3 Å². The molecule has 22 heavy (non-hydrogen) atoms. The molecule has 3 rings (SSSR count). The van der Waals surface area contributed by atoms with Crippen molar-refractivity contribution in [1.82, 2.24) is 14.9 Å². The molecular formula is C18H22N4. The second-order valence-corrected chi connectivity index (χ2v) is 6.15. The molecule has 0 saturated heterocycles. The molecule has 1 aliphatic carbocycles. The monoisotopic (exact) mass is 294 g/mol. The van der Waals surface area contributed by atoms with Gasteiger partial charge in [-0.25, -0.2) is 9.97 Å². The lowest BCUT2D eigenvalue weighted by Crippen LogP contribution is -2.32. The molecule has 114 valence electrons. The van der Waals surface area contributed by atoms with Crippen LogP contribution in [0.25, 0.3) is 11.1 Å². The highest BCUT2D eigenvalue weighted by molar-refractivity contribution is 5.76. The van der Waals surface area contributed by atoms with E-state index in [0.717, 1.165) is 24.9 Å². The fraction of sp³-hybridized carbons (Fsp3) is 0.389. The van der Waals surface area contributed by atoms with Crippen LogP contribution in [-0.2, 0) is 12.8 Å². The molecule has 1 aliphatic rings. The highest BCUT2D eigenvalue weighted by Gasteiger charge is 2.22. The standard InChI is InChI=1S/C18H22N4/c1-13(19)22(2)11-14-6-7-18-15(8-14)4-3-5-17(18)16-9-20-12-21-10-16/h3-5,9-10,12,14,19H,6-8,11H2,1-2H3. The van der Waals surface area contributed by atoms with E-state index in [1.165, 1.54) is 23.1 Å². The summed E-state index contributed by atoms with van der Waals surface area (Å²) in [6, 6.07) is 6.55. The Balaban J connectivity index is 1.83. The number of aromatic nitrogens is 2. The van der Waals surface area contributed by atoms with Gasteiger partial charge in [0.1, 0.15) is 6.33 Å². The molecule has 4 heteroatoms. The van der Waals surface area contributed by atoms with Crippen LogP contribution in [0.4, 0.5) is 0 Å². The maximum absolute atomic E-state index is 7.72. The average molecular weight is 294 g/mol. The first-order chi connectivity index (χ1) is 10.6. The van der Waals surface area contributed by atoms with E-state index < -0.39 is 0 Å². The first kappa shape index (κ1) is 14.7. The van der Waals surface area contributed by atoms with E-state index in [4.69, 9.17) is 5.41 Å². The number of amidine groups is 1. The Kier molecular flexibility index (Phi) is 4.18. The summed E-state index contributed by atoms with van der Waals surface area (Å²) in [6.45, 7) is 2.82. The molecule has 0 aliphatic heterocycles. The minimum Gasteiger partial charge on any atom is -0.364 e. The Morgan fingerprint density at radius 3 is 2.82 bits per heavy atom. The summed E-state index contributed by atoms with van der Waals surface area (Å²) >= 11 is 0. The van der Waals surface area contributed by atoms with Crippen LogP contribution >= 0.6 is 0 Å². The van der Waals surface area contributed by atoms with Gasteiger partial charge >= 0.3 is 0 Å². The van der Waals surface area contributed by atoms with Gasteiger partial charge in [0, 0.05) is 31.5 Å². The number of benzene rings is 1. The molecule has 2 aromatic rings. The average Bonchev–Trinajstić information content (AvgIpc) is 2.54. The van der Waals surface area contributed by atoms with Crippen molar-refractivity contribution in [3.05, 3.63) is 48.0 Å². The fourth-order valence-electron chi connectivity index (χ4n) is 3.27. The molecule has 1 heterocycles. The van der Waals surface area contributed by atoms with E-state index in [2.05, 4.69) is 28.2 Å². The highest BCUT2D eigenvalue weighted by atomic mass is 15.1. The minimum atomic E-state index is 0.625. The van der Waals surface area contributed by atoms with Crippen molar-refractivity contribution in [2.24, 2.45) is 5.92 Å². The Morgan fingerprint density at radius 2 is 2.09 bits per heavy atom. The van der Waals surface area contributed by atoms with Crippen LogP contribution in [0.3, 0.4) is 0 Å². The molecule has 0 saturated carbocycles. The maximum atomic E-state index is 7.72. The normalized spacial score (nSPS) is 16.9. The number of hydrogen-bond donors (Lipinski definition) is 1. The van der Waals surface area contributed by atoms with Crippen LogP contribution in [0.15, 0.2) is 36.9 Å². The fourth-order valence-corrected chi connectivity index (χ4v) is 3.27. The predicted molar refractivity (Wildman–Crippen MR) is 89.0 cm³/mol. The molecule has 1 unspecified atom stereocenters. The van der Waals surface area contributed by atoms with Crippen molar-refractivity contribution in [1.29, 1.82) is 5.41 Å². The third-order valence-electron chi connectivity index (χ3n) is 4.56. The molecule has 1 atom stereocenters. The van der Waals surface area contributed by atoms with Gasteiger partial charge in [0.05, 0.1) is 5.84 Å². The lowest BCUT2D eigenvalue weighted by Gasteiger charge is -2.30. The van der Waals surface area contributed by atoms with Crippen LogP contribution in [0.1, 0.15) is 24.5 Å². The van der Waals surface area contributed by atoms with Gasteiger partial charge in [0.15, 0.2) is 0 Å². The SMILES string of the molecule is CC(=N)N(C)CC1CCc2c(cccc2-c2cncnc2)C1.